The number of benzene rings is 4. The zero-order valence-corrected chi connectivity index (χ0v) is 24.0. The van der Waals surface area contributed by atoms with E-state index < -0.39 is 11.9 Å². The summed E-state index contributed by atoms with van der Waals surface area (Å²) in [4.78, 5) is 23.5. The van der Waals surface area contributed by atoms with Gasteiger partial charge in [-0.05, 0) is 72.0 Å². The maximum absolute atomic E-state index is 14.8. The molecule has 0 aliphatic carbocycles. The lowest BCUT2D eigenvalue weighted by molar-refractivity contribution is -0.130. The normalized spacial score (nSPS) is 11.2. The van der Waals surface area contributed by atoms with Gasteiger partial charge in [-0.2, -0.15) is 0 Å². The van der Waals surface area contributed by atoms with Gasteiger partial charge in [0.1, 0.15) is 17.3 Å². The fraction of sp³-hybridized carbons (Fsp3) is 0.0526. The van der Waals surface area contributed by atoms with E-state index in [1.54, 1.807) is 62.4 Å². The molecule has 0 unspecified atom stereocenters. The molecule has 0 saturated carbocycles. The van der Waals surface area contributed by atoms with Crippen molar-refractivity contribution in [3.63, 3.8) is 0 Å². The summed E-state index contributed by atoms with van der Waals surface area (Å²) >= 11 is 0. The van der Waals surface area contributed by atoms with Gasteiger partial charge in [0.05, 0.1) is 0 Å². The number of esters is 2. The van der Waals surface area contributed by atoms with Crippen LogP contribution in [0.4, 0.5) is 4.39 Å². The predicted molar refractivity (Wildman–Crippen MR) is 173 cm³/mol. The Bertz CT molecular complexity index is 1760. The first kappa shape index (κ1) is 30.4. The zero-order chi connectivity index (χ0) is 30.8. The van der Waals surface area contributed by atoms with Gasteiger partial charge < -0.3 is 9.47 Å². The van der Waals surface area contributed by atoms with Crippen molar-refractivity contribution in [3.05, 3.63) is 154 Å². The minimum absolute atomic E-state index is 0.319. The molecule has 0 N–H and O–H groups in total. The standard InChI is InChI=1S/C38H31FO4/c1-26(2)37(40)42-34-9-5-7-30(23-34)16-15-28-11-13-29(14-12-28)19-21-33-22-20-32(25-36(33)39)18-17-31-8-6-10-35(24-31)43-38(41)27(3)4/h5-25H,1,3H2,2,4H3. The number of carbonyl (C=O) groups excluding carboxylic acids is 2. The van der Waals surface area contributed by atoms with Crippen LogP contribution in [0.3, 0.4) is 0 Å². The smallest absolute Gasteiger partial charge is 0.338 e. The number of hydrogen-bond acceptors (Lipinski definition) is 4. The highest BCUT2D eigenvalue weighted by atomic mass is 19.1. The van der Waals surface area contributed by atoms with E-state index in [-0.39, 0.29) is 5.82 Å². The minimum atomic E-state index is -0.484. The van der Waals surface area contributed by atoms with E-state index in [2.05, 4.69) is 13.2 Å². The molecule has 0 bridgehead atoms. The van der Waals surface area contributed by atoms with Gasteiger partial charge in [-0.3, -0.25) is 0 Å². The summed E-state index contributed by atoms with van der Waals surface area (Å²) in [6.45, 7) is 10.4. The molecule has 43 heavy (non-hydrogen) atoms. The van der Waals surface area contributed by atoms with Crippen molar-refractivity contribution in [2.24, 2.45) is 0 Å². The highest BCUT2D eigenvalue weighted by Gasteiger charge is 2.06. The molecular formula is C38H31FO4. The lowest BCUT2D eigenvalue weighted by Crippen LogP contribution is -2.08. The third-order valence-electron chi connectivity index (χ3n) is 6.19. The van der Waals surface area contributed by atoms with Crippen LogP contribution in [0, 0.1) is 5.82 Å². The molecule has 0 spiro atoms. The summed E-state index contributed by atoms with van der Waals surface area (Å²) in [7, 11) is 0. The minimum Gasteiger partial charge on any atom is -0.423 e. The van der Waals surface area contributed by atoms with Crippen LogP contribution in [0.25, 0.3) is 36.5 Å². The second-order valence-electron chi connectivity index (χ2n) is 9.93. The van der Waals surface area contributed by atoms with Gasteiger partial charge in [0.15, 0.2) is 0 Å². The Kier molecular flexibility index (Phi) is 10.2. The van der Waals surface area contributed by atoms with Crippen molar-refractivity contribution in [2.75, 3.05) is 0 Å². The molecule has 0 heterocycles. The van der Waals surface area contributed by atoms with E-state index >= 15 is 0 Å². The molecule has 0 saturated heterocycles. The lowest BCUT2D eigenvalue weighted by Gasteiger charge is -2.04. The van der Waals surface area contributed by atoms with Gasteiger partial charge in [0, 0.05) is 16.7 Å². The molecule has 0 aliphatic heterocycles. The van der Waals surface area contributed by atoms with Crippen molar-refractivity contribution in [3.8, 4) is 11.5 Å². The Balaban J connectivity index is 1.36. The zero-order valence-electron chi connectivity index (χ0n) is 24.0. The molecule has 0 fully saturated rings. The summed E-state index contributed by atoms with van der Waals surface area (Å²) < 4.78 is 25.4. The van der Waals surface area contributed by atoms with Gasteiger partial charge in [0.25, 0.3) is 0 Å². The van der Waals surface area contributed by atoms with Gasteiger partial charge >= 0.3 is 11.9 Å². The number of rotatable bonds is 10. The summed E-state index contributed by atoms with van der Waals surface area (Å²) in [6, 6.07) is 27.2. The van der Waals surface area contributed by atoms with Gasteiger partial charge in [0.2, 0.25) is 0 Å². The van der Waals surface area contributed by atoms with Crippen LogP contribution in [0.2, 0.25) is 0 Å². The SMILES string of the molecule is C=C(C)C(=O)Oc1cccc(C=Cc2ccc(C=Cc3ccc(C=Cc4cccc(OC(=O)C(=C)C)c4)cc3F)cc2)c1. The van der Waals surface area contributed by atoms with Gasteiger partial charge in [-0.25, -0.2) is 14.0 Å². The summed E-state index contributed by atoms with van der Waals surface area (Å²) in [5, 5.41) is 0. The van der Waals surface area contributed by atoms with E-state index in [1.165, 1.54) is 6.07 Å². The molecule has 214 valence electrons. The monoisotopic (exact) mass is 570 g/mol. The van der Waals surface area contributed by atoms with E-state index in [9.17, 15) is 14.0 Å². The summed E-state index contributed by atoms with van der Waals surface area (Å²) in [6.07, 6.45) is 11.1. The third kappa shape index (κ3) is 9.23. The van der Waals surface area contributed by atoms with Crippen molar-refractivity contribution in [1.82, 2.24) is 0 Å². The maximum atomic E-state index is 14.8. The average molecular weight is 571 g/mol. The maximum Gasteiger partial charge on any atom is 0.338 e. The highest BCUT2D eigenvalue weighted by molar-refractivity contribution is 5.89. The quantitative estimate of drug-likeness (QED) is 0.0825. The number of halogens is 1. The molecule has 0 radical (unpaired) electrons. The lowest BCUT2D eigenvalue weighted by atomic mass is 10.1. The molecule has 5 heteroatoms. The second kappa shape index (κ2) is 14.4. The molecule has 4 aromatic carbocycles. The third-order valence-corrected chi connectivity index (χ3v) is 6.19. The topological polar surface area (TPSA) is 52.6 Å². The van der Waals surface area contributed by atoms with Crippen LogP contribution in [0.5, 0.6) is 11.5 Å². The van der Waals surface area contributed by atoms with E-state index in [1.807, 2.05) is 72.8 Å². The van der Waals surface area contributed by atoms with Crippen LogP contribution in [-0.2, 0) is 9.59 Å². The van der Waals surface area contributed by atoms with Crippen molar-refractivity contribution in [1.29, 1.82) is 0 Å². The number of hydrogen-bond donors (Lipinski definition) is 0. The first-order chi connectivity index (χ1) is 20.7. The molecule has 4 aromatic rings. The average Bonchev–Trinajstić information content (AvgIpc) is 2.99. The van der Waals surface area contributed by atoms with Gasteiger partial charge in [-0.15, -0.1) is 0 Å². The Hall–Kier alpha value is -5.55. The number of ether oxygens (including phenoxy) is 2. The van der Waals surface area contributed by atoms with Gasteiger partial charge in [-0.1, -0.05) is 110 Å². The van der Waals surface area contributed by atoms with Crippen molar-refractivity contribution < 1.29 is 23.5 Å². The Labute approximate surface area is 251 Å². The van der Waals surface area contributed by atoms with Crippen LogP contribution < -0.4 is 9.47 Å². The van der Waals surface area contributed by atoms with Crippen LogP contribution in [0.1, 0.15) is 47.2 Å². The van der Waals surface area contributed by atoms with Crippen LogP contribution in [0.15, 0.2) is 115 Å². The summed E-state index contributed by atoms with van der Waals surface area (Å²) in [5.74, 6) is -0.401. The molecule has 0 amide bonds. The van der Waals surface area contributed by atoms with E-state index in [0.717, 1.165) is 22.3 Å². The largest absolute Gasteiger partial charge is 0.423 e. The molecule has 0 aromatic heterocycles. The van der Waals surface area contributed by atoms with Crippen LogP contribution >= 0.6 is 0 Å². The number of carbonyl (C=O) groups is 2. The molecule has 0 atom stereocenters. The molecule has 4 rings (SSSR count). The highest BCUT2D eigenvalue weighted by Crippen LogP contribution is 2.20. The summed E-state index contributed by atoms with van der Waals surface area (Å²) in [5.41, 5.74) is 5.46. The fourth-order valence-electron chi connectivity index (χ4n) is 3.82. The molecule has 4 nitrogen and oxygen atoms in total. The van der Waals surface area contributed by atoms with Crippen LogP contribution in [-0.4, -0.2) is 11.9 Å². The molecular weight excluding hydrogens is 539 g/mol. The van der Waals surface area contributed by atoms with Crippen molar-refractivity contribution >= 4 is 48.4 Å². The second-order valence-corrected chi connectivity index (χ2v) is 9.93. The first-order valence-corrected chi connectivity index (χ1v) is 13.6. The van der Waals surface area contributed by atoms with Crippen molar-refractivity contribution in [2.45, 2.75) is 13.8 Å². The Morgan fingerprint density at radius 3 is 1.40 bits per heavy atom. The predicted octanol–water partition coefficient (Wildman–Crippen LogP) is 9.30. The Morgan fingerprint density at radius 1 is 0.558 bits per heavy atom. The fourth-order valence-corrected chi connectivity index (χ4v) is 3.82. The van der Waals surface area contributed by atoms with E-state index in [4.69, 9.17) is 9.47 Å². The first-order valence-electron chi connectivity index (χ1n) is 13.6. The Morgan fingerprint density at radius 2 is 0.953 bits per heavy atom. The molecule has 0 aliphatic rings. The van der Waals surface area contributed by atoms with E-state index in [0.29, 0.717) is 33.8 Å².